The molecule has 0 atom stereocenters. The zero-order valence-corrected chi connectivity index (χ0v) is 13.9. The normalized spacial score (nSPS) is 14.0. The fraction of sp³-hybridized carbons (Fsp3) is 0.333. The van der Waals surface area contributed by atoms with E-state index in [1.807, 2.05) is 24.3 Å². The van der Waals surface area contributed by atoms with Crippen molar-refractivity contribution in [3.05, 3.63) is 36.0 Å². The van der Waals surface area contributed by atoms with E-state index in [0.717, 1.165) is 24.3 Å². The summed E-state index contributed by atoms with van der Waals surface area (Å²) in [5.41, 5.74) is 0.789. The number of ether oxygens (including phenoxy) is 1. The van der Waals surface area contributed by atoms with Gasteiger partial charge in [0.05, 0.1) is 18.4 Å². The van der Waals surface area contributed by atoms with E-state index in [9.17, 15) is 0 Å². The number of para-hydroxylation sites is 1. The Labute approximate surface area is 142 Å². The fourth-order valence-electron chi connectivity index (χ4n) is 2.34. The summed E-state index contributed by atoms with van der Waals surface area (Å²) < 4.78 is 12.0. The SMILES string of the molecule is COc1ccccc1-c1nnc(SCc2noc(C3CC3)n2)n1N. The van der Waals surface area contributed by atoms with Crippen molar-refractivity contribution in [1.82, 2.24) is 25.0 Å². The van der Waals surface area contributed by atoms with Crippen LogP contribution in [-0.4, -0.2) is 32.1 Å². The first-order valence-electron chi connectivity index (χ1n) is 7.55. The van der Waals surface area contributed by atoms with E-state index >= 15 is 0 Å². The van der Waals surface area contributed by atoms with Gasteiger partial charge in [0.2, 0.25) is 11.0 Å². The number of thioether (sulfide) groups is 1. The Morgan fingerprint density at radius 3 is 2.96 bits per heavy atom. The molecule has 124 valence electrons. The lowest BCUT2D eigenvalue weighted by atomic mass is 10.2. The van der Waals surface area contributed by atoms with Gasteiger partial charge < -0.3 is 15.1 Å². The maximum atomic E-state index is 6.14. The number of rotatable bonds is 6. The molecular weight excluding hydrogens is 328 g/mol. The molecule has 1 aliphatic rings. The largest absolute Gasteiger partial charge is 0.496 e. The van der Waals surface area contributed by atoms with Gasteiger partial charge in [0, 0.05) is 5.92 Å². The molecule has 0 bridgehead atoms. The molecule has 2 aromatic heterocycles. The third-order valence-corrected chi connectivity index (χ3v) is 4.69. The molecule has 0 radical (unpaired) electrons. The van der Waals surface area contributed by atoms with E-state index in [4.69, 9.17) is 15.1 Å². The Morgan fingerprint density at radius 1 is 1.33 bits per heavy atom. The molecule has 24 heavy (non-hydrogen) atoms. The maximum absolute atomic E-state index is 6.14. The lowest BCUT2D eigenvalue weighted by Crippen LogP contribution is -2.12. The molecule has 0 aliphatic heterocycles. The third kappa shape index (κ3) is 2.82. The predicted molar refractivity (Wildman–Crippen MR) is 88.0 cm³/mol. The van der Waals surface area contributed by atoms with Crippen LogP contribution in [0, 0.1) is 0 Å². The number of nitrogen functional groups attached to an aromatic ring is 1. The van der Waals surface area contributed by atoms with Crippen molar-refractivity contribution in [3.63, 3.8) is 0 Å². The molecule has 1 saturated carbocycles. The lowest BCUT2D eigenvalue weighted by Gasteiger charge is -2.07. The highest BCUT2D eigenvalue weighted by molar-refractivity contribution is 7.98. The monoisotopic (exact) mass is 344 g/mol. The summed E-state index contributed by atoms with van der Waals surface area (Å²) in [6.07, 6.45) is 2.27. The van der Waals surface area contributed by atoms with Crippen molar-refractivity contribution in [3.8, 4) is 17.1 Å². The van der Waals surface area contributed by atoms with Crippen molar-refractivity contribution in [1.29, 1.82) is 0 Å². The first-order valence-corrected chi connectivity index (χ1v) is 8.54. The van der Waals surface area contributed by atoms with Gasteiger partial charge in [-0.25, -0.2) is 4.68 Å². The molecule has 0 saturated heterocycles. The van der Waals surface area contributed by atoms with Gasteiger partial charge in [0.1, 0.15) is 5.75 Å². The van der Waals surface area contributed by atoms with Crippen LogP contribution in [0.2, 0.25) is 0 Å². The highest BCUT2D eigenvalue weighted by Crippen LogP contribution is 2.39. The van der Waals surface area contributed by atoms with Crippen molar-refractivity contribution in [2.75, 3.05) is 13.0 Å². The molecule has 0 unspecified atom stereocenters. The van der Waals surface area contributed by atoms with Crippen LogP contribution in [0.4, 0.5) is 0 Å². The molecule has 8 nitrogen and oxygen atoms in total. The molecule has 2 heterocycles. The van der Waals surface area contributed by atoms with E-state index in [-0.39, 0.29) is 0 Å². The van der Waals surface area contributed by atoms with Crippen LogP contribution in [0.3, 0.4) is 0 Å². The van der Waals surface area contributed by atoms with Crippen LogP contribution >= 0.6 is 11.8 Å². The molecule has 1 aliphatic carbocycles. The lowest BCUT2D eigenvalue weighted by molar-refractivity contribution is 0.375. The van der Waals surface area contributed by atoms with Gasteiger partial charge in [0.25, 0.3) is 0 Å². The maximum Gasteiger partial charge on any atom is 0.229 e. The van der Waals surface area contributed by atoms with E-state index in [1.165, 1.54) is 16.4 Å². The minimum atomic E-state index is 0.451. The smallest absolute Gasteiger partial charge is 0.229 e. The van der Waals surface area contributed by atoms with Crippen molar-refractivity contribution >= 4 is 11.8 Å². The predicted octanol–water partition coefficient (Wildman–Crippen LogP) is 2.22. The highest BCUT2D eigenvalue weighted by atomic mass is 32.2. The summed E-state index contributed by atoms with van der Waals surface area (Å²) in [4.78, 5) is 4.39. The van der Waals surface area contributed by atoms with Crippen molar-refractivity contribution in [2.45, 2.75) is 29.7 Å². The van der Waals surface area contributed by atoms with Crippen LogP contribution < -0.4 is 10.6 Å². The average molecular weight is 344 g/mol. The number of aromatic nitrogens is 5. The summed E-state index contributed by atoms with van der Waals surface area (Å²) in [5, 5.41) is 12.9. The van der Waals surface area contributed by atoms with Gasteiger partial charge in [-0.2, -0.15) is 4.98 Å². The van der Waals surface area contributed by atoms with Crippen molar-refractivity contribution in [2.24, 2.45) is 0 Å². The van der Waals surface area contributed by atoms with Gasteiger partial charge >= 0.3 is 0 Å². The molecule has 0 amide bonds. The molecule has 1 aromatic carbocycles. The Morgan fingerprint density at radius 2 is 2.17 bits per heavy atom. The standard InChI is InChI=1S/C15H16N6O2S/c1-22-11-5-3-2-4-10(11)13-18-19-15(21(13)16)24-8-12-17-14(23-20-12)9-6-7-9/h2-5,9H,6-8,16H2,1H3. The van der Waals surface area contributed by atoms with E-state index in [0.29, 0.717) is 34.2 Å². The molecule has 4 rings (SSSR count). The fourth-order valence-corrected chi connectivity index (χ4v) is 3.04. The average Bonchev–Trinajstić information content (AvgIpc) is 3.25. The zero-order chi connectivity index (χ0) is 16.5. The number of hydrogen-bond acceptors (Lipinski definition) is 8. The molecule has 0 spiro atoms. The summed E-state index contributed by atoms with van der Waals surface area (Å²) in [6, 6.07) is 7.54. The first kappa shape index (κ1) is 15.0. The second-order valence-corrected chi connectivity index (χ2v) is 6.43. The summed E-state index contributed by atoms with van der Waals surface area (Å²) in [7, 11) is 1.61. The molecule has 3 aromatic rings. The number of nitrogens with zero attached hydrogens (tertiary/aromatic N) is 5. The van der Waals surface area contributed by atoms with E-state index in [1.54, 1.807) is 7.11 Å². The number of benzene rings is 1. The topological polar surface area (TPSA) is 105 Å². The van der Waals surface area contributed by atoms with Crippen molar-refractivity contribution < 1.29 is 9.26 Å². The van der Waals surface area contributed by atoms with Gasteiger partial charge in [-0.1, -0.05) is 29.1 Å². The molecular formula is C15H16N6O2S. The van der Waals surface area contributed by atoms with E-state index in [2.05, 4.69) is 20.3 Å². The van der Waals surface area contributed by atoms with Gasteiger partial charge in [-0.15, -0.1) is 10.2 Å². The van der Waals surface area contributed by atoms with Gasteiger partial charge in [-0.05, 0) is 25.0 Å². The highest BCUT2D eigenvalue weighted by Gasteiger charge is 2.29. The summed E-state index contributed by atoms with van der Waals surface area (Å²) in [6.45, 7) is 0. The molecule has 1 fully saturated rings. The summed E-state index contributed by atoms with van der Waals surface area (Å²) >= 11 is 1.41. The second kappa shape index (κ2) is 6.16. The molecule has 2 N–H and O–H groups in total. The quantitative estimate of drug-likeness (QED) is 0.536. The number of nitrogens with two attached hydrogens (primary N) is 1. The summed E-state index contributed by atoms with van der Waals surface area (Å²) in [5.74, 6) is 9.72. The Kier molecular flexibility index (Phi) is 3.85. The van der Waals surface area contributed by atoms with Crippen LogP contribution in [0.5, 0.6) is 5.75 Å². The van der Waals surface area contributed by atoms with Crippen LogP contribution in [-0.2, 0) is 5.75 Å². The Hall–Kier alpha value is -2.55. The number of methoxy groups -OCH3 is 1. The first-order chi connectivity index (χ1) is 11.8. The Bertz CT molecular complexity index is 857. The Balaban J connectivity index is 1.51. The number of hydrogen-bond donors (Lipinski definition) is 1. The second-order valence-electron chi connectivity index (χ2n) is 5.49. The third-order valence-electron chi connectivity index (χ3n) is 3.75. The van der Waals surface area contributed by atoms with E-state index < -0.39 is 0 Å². The minimum Gasteiger partial charge on any atom is -0.496 e. The van der Waals surface area contributed by atoms with Crippen LogP contribution in [0.15, 0.2) is 33.9 Å². The van der Waals surface area contributed by atoms with Crippen LogP contribution in [0.1, 0.15) is 30.5 Å². The van der Waals surface area contributed by atoms with Gasteiger partial charge in [-0.3, -0.25) is 0 Å². The minimum absolute atomic E-state index is 0.451. The van der Waals surface area contributed by atoms with Gasteiger partial charge in [0.15, 0.2) is 11.6 Å². The molecule has 9 heteroatoms. The van der Waals surface area contributed by atoms with Crippen LogP contribution in [0.25, 0.3) is 11.4 Å². The zero-order valence-electron chi connectivity index (χ0n) is 13.0.